The van der Waals surface area contributed by atoms with E-state index in [1.54, 1.807) is 70.2 Å². The van der Waals surface area contributed by atoms with Gasteiger partial charge in [0.2, 0.25) is 0 Å². The molecule has 7 heteroatoms. The molecule has 142 valence electrons. The van der Waals surface area contributed by atoms with E-state index >= 15 is 0 Å². The van der Waals surface area contributed by atoms with Gasteiger partial charge in [-0.15, -0.1) is 0 Å². The van der Waals surface area contributed by atoms with Crippen LogP contribution in [0.4, 0.5) is 10.1 Å². The summed E-state index contributed by atoms with van der Waals surface area (Å²) in [6, 6.07) is 13.1. The van der Waals surface area contributed by atoms with Crippen molar-refractivity contribution in [2.75, 3.05) is 5.32 Å². The van der Waals surface area contributed by atoms with Crippen molar-refractivity contribution in [1.82, 2.24) is 0 Å². The van der Waals surface area contributed by atoms with Gasteiger partial charge in [0.1, 0.15) is 5.82 Å². The normalized spacial score (nSPS) is 13.2. The summed E-state index contributed by atoms with van der Waals surface area (Å²) in [6.07, 6.45) is -0.746. The average Bonchev–Trinajstić information content (AvgIpc) is 2.53. The van der Waals surface area contributed by atoms with Gasteiger partial charge in [0.15, 0.2) is 5.78 Å². The first kappa shape index (κ1) is 20.9. The number of halogens is 2. The second-order valence-corrected chi connectivity index (χ2v) is 8.82. The Bertz CT molecular complexity index is 771. The maximum atomic E-state index is 14.5. The highest BCUT2D eigenvalue weighted by Gasteiger charge is 2.41. The lowest BCUT2D eigenvalue weighted by Crippen LogP contribution is -2.20. The van der Waals surface area contributed by atoms with Crippen LogP contribution in [0.15, 0.2) is 48.5 Å². The highest BCUT2D eigenvalue weighted by Crippen LogP contribution is 2.62. The quantitative estimate of drug-likeness (QED) is 0.506. The van der Waals surface area contributed by atoms with Gasteiger partial charge in [-0.3, -0.25) is 4.57 Å². The lowest BCUT2D eigenvalue weighted by atomic mass is 10.2. The van der Waals surface area contributed by atoms with E-state index < -0.39 is 19.2 Å². The summed E-state index contributed by atoms with van der Waals surface area (Å²) in [6.45, 7) is 7.02. The largest absolute Gasteiger partial charge is 0.367 e. The van der Waals surface area contributed by atoms with E-state index in [1.807, 2.05) is 0 Å². The highest BCUT2D eigenvalue weighted by atomic mass is 35.5. The second kappa shape index (κ2) is 9.01. The van der Waals surface area contributed by atoms with E-state index in [2.05, 4.69) is 5.32 Å². The number of benzene rings is 2. The molecule has 0 saturated heterocycles. The first-order valence-corrected chi connectivity index (χ1v) is 10.4. The van der Waals surface area contributed by atoms with Gasteiger partial charge < -0.3 is 14.4 Å². The molecule has 0 heterocycles. The van der Waals surface area contributed by atoms with Gasteiger partial charge in [0, 0.05) is 5.56 Å². The molecule has 0 aliphatic heterocycles. The van der Waals surface area contributed by atoms with Gasteiger partial charge in [-0.2, -0.15) is 0 Å². The predicted molar refractivity (Wildman–Crippen MR) is 104 cm³/mol. The van der Waals surface area contributed by atoms with Crippen molar-refractivity contribution < 1.29 is 18.0 Å². The Morgan fingerprint density at radius 3 is 2.04 bits per heavy atom. The van der Waals surface area contributed by atoms with E-state index in [-0.39, 0.29) is 17.8 Å². The van der Waals surface area contributed by atoms with Crippen LogP contribution < -0.4 is 5.32 Å². The maximum Gasteiger partial charge on any atom is 0.357 e. The number of anilines is 1. The number of nitrogens with one attached hydrogen (secondary N) is 1. The molecule has 0 spiro atoms. The predicted octanol–water partition coefficient (Wildman–Crippen LogP) is 6.63. The van der Waals surface area contributed by atoms with Gasteiger partial charge in [0.05, 0.1) is 22.9 Å². The molecule has 0 radical (unpaired) electrons. The molecule has 4 nitrogen and oxygen atoms in total. The third-order valence-corrected chi connectivity index (χ3v) is 6.20. The first-order valence-electron chi connectivity index (χ1n) is 8.45. The molecule has 0 bridgehead atoms. The van der Waals surface area contributed by atoms with Crippen molar-refractivity contribution in [2.45, 2.75) is 45.7 Å². The standard InChI is InChI=1S/C19H24ClFNO3P/c1-13(2)24-26(23,25-14(3)4)19(15-9-5-7-11-17(15)21)22-18-12-8-6-10-16(18)20/h5-14,19,22H,1-4H3. The van der Waals surface area contributed by atoms with Crippen LogP contribution in [-0.4, -0.2) is 12.2 Å². The van der Waals surface area contributed by atoms with E-state index in [9.17, 15) is 8.96 Å². The van der Waals surface area contributed by atoms with Crippen LogP contribution in [0.5, 0.6) is 0 Å². The summed E-state index contributed by atoms with van der Waals surface area (Å²) in [4.78, 5) is 0. The lowest BCUT2D eigenvalue weighted by Gasteiger charge is -2.31. The van der Waals surface area contributed by atoms with Gasteiger partial charge in [-0.25, -0.2) is 4.39 Å². The summed E-state index contributed by atoms with van der Waals surface area (Å²) in [5.41, 5.74) is 0.708. The molecule has 0 aliphatic rings. The Labute approximate surface area is 159 Å². The zero-order chi connectivity index (χ0) is 19.3. The highest BCUT2D eigenvalue weighted by molar-refractivity contribution is 7.54. The first-order chi connectivity index (χ1) is 12.2. The number of hydrogen-bond acceptors (Lipinski definition) is 4. The van der Waals surface area contributed by atoms with Gasteiger partial charge in [-0.05, 0) is 45.9 Å². The summed E-state index contributed by atoms with van der Waals surface area (Å²) in [5.74, 6) is -1.55. The van der Waals surface area contributed by atoms with Crippen LogP contribution in [-0.2, 0) is 13.6 Å². The average molecular weight is 400 g/mol. The SMILES string of the molecule is CC(C)OP(=O)(OC(C)C)C(Nc1ccccc1Cl)c1ccccc1F. The zero-order valence-electron chi connectivity index (χ0n) is 15.3. The minimum absolute atomic E-state index is 0.192. The summed E-state index contributed by atoms with van der Waals surface area (Å²) in [7, 11) is -3.79. The van der Waals surface area contributed by atoms with Crippen LogP contribution in [0, 0.1) is 5.82 Å². The minimum Gasteiger partial charge on any atom is -0.367 e. The summed E-state index contributed by atoms with van der Waals surface area (Å²) in [5, 5.41) is 3.50. The molecule has 0 amide bonds. The fourth-order valence-corrected chi connectivity index (χ4v) is 4.99. The van der Waals surface area contributed by atoms with E-state index in [0.717, 1.165) is 0 Å². The number of para-hydroxylation sites is 1. The van der Waals surface area contributed by atoms with E-state index in [4.69, 9.17) is 20.6 Å². The Morgan fingerprint density at radius 2 is 1.50 bits per heavy atom. The fraction of sp³-hybridized carbons (Fsp3) is 0.368. The summed E-state index contributed by atoms with van der Waals surface area (Å²) >= 11 is 6.23. The van der Waals surface area contributed by atoms with Crippen molar-refractivity contribution in [3.8, 4) is 0 Å². The maximum absolute atomic E-state index is 14.5. The Hall–Kier alpha value is -1.39. The van der Waals surface area contributed by atoms with Gasteiger partial charge in [0.25, 0.3) is 0 Å². The number of rotatable bonds is 8. The smallest absolute Gasteiger partial charge is 0.357 e. The van der Waals surface area contributed by atoms with Crippen LogP contribution in [0.2, 0.25) is 5.02 Å². The van der Waals surface area contributed by atoms with E-state index in [0.29, 0.717) is 10.7 Å². The monoisotopic (exact) mass is 399 g/mol. The molecule has 1 atom stereocenters. The van der Waals surface area contributed by atoms with Crippen molar-refractivity contribution in [3.63, 3.8) is 0 Å². The molecule has 2 aromatic carbocycles. The van der Waals surface area contributed by atoms with E-state index in [1.165, 1.54) is 6.07 Å². The minimum atomic E-state index is -3.79. The molecule has 1 unspecified atom stereocenters. The zero-order valence-corrected chi connectivity index (χ0v) is 16.9. The van der Waals surface area contributed by atoms with Gasteiger partial charge in [-0.1, -0.05) is 41.9 Å². The molecule has 2 rings (SSSR count). The van der Waals surface area contributed by atoms with Crippen molar-refractivity contribution in [3.05, 3.63) is 64.9 Å². The van der Waals surface area contributed by atoms with Gasteiger partial charge >= 0.3 is 7.60 Å². The third kappa shape index (κ3) is 5.31. The van der Waals surface area contributed by atoms with Crippen LogP contribution in [0.25, 0.3) is 0 Å². The third-order valence-electron chi connectivity index (χ3n) is 3.40. The molecule has 0 saturated carbocycles. The molecule has 26 heavy (non-hydrogen) atoms. The lowest BCUT2D eigenvalue weighted by molar-refractivity contribution is 0.137. The van der Waals surface area contributed by atoms with Crippen molar-refractivity contribution >= 4 is 24.9 Å². The topological polar surface area (TPSA) is 47.6 Å². The molecular formula is C19H24ClFNO3P. The summed E-state index contributed by atoms with van der Waals surface area (Å²) < 4.78 is 39.6. The molecule has 0 aromatic heterocycles. The Morgan fingerprint density at radius 1 is 0.962 bits per heavy atom. The van der Waals surface area contributed by atoms with Crippen LogP contribution >= 0.6 is 19.2 Å². The molecular weight excluding hydrogens is 376 g/mol. The molecule has 0 aliphatic carbocycles. The van der Waals surface area contributed by atoms with Crippen LogP contribution in [0.1, 0.15) is 39.0 Å². The fourth-order valence-electron chi connectivity index (χ4n) is 2.48. The Kier molecular flexibility index (Phi) is 7.24. The molecule has 1 N–H and O–H groups in total. The Balaban J connectivity index is 2.56. The molecule has 2 aromatic rings. The van der Waals surface area contributed by atoms with Crippen molar-refractivity contribution in [2.24, 2.45) is 0 Å². The number of hydrogen-bond donors (Lipinski definition) is 1. The van der Waals surface area contributed by atoms with Crippen molar-refractivity contribution in [1.29, 1.82) is 0 Å². The van der Waals surface area contributed by atoms with Crippen LogP contribution in [0.3, 0.4) is 0 Å². The molecule has 0 fully saturated rings. The second-order valence-electron chi connectivity index (χ2n) is 6.40.